The predicted octanol–water partition coefficient (Wildman–Crippen LogP) is 5.07. The largest absolute Gasteiger partial charge is 0.453 e. The predicted molar refractivity (Wildman–Crippen MR) is 174 cm³/mol. The van der Waals surface area contributed by atoms with Crippen molar-refractivity contribution in [1.29, 1.82) is 0 Å². The number of carbonyl (C=O) groups is 3. The number of tetrazole rings is 1. The highest BCUT2D eigenvalue weighted by Crippen LogP contribution is 2.35. The number of hydrogen-bond acceptors (Lipinski definition) is 9. The summed E-state index contributed by atoms with van der Waals surface area (Å²) in [6.45, 7) is 0. The number of nitrogens with one attached hydrogen (secondary N) is 4. The van der Waals surface area contributed by atoms with Crippen LogP contribution in [0.2, 0.25) is 10.2 Å². The molecule has 1 atom stereocenters. The lowest BCUT2D eigenvalue weighted by Crippen LogP contribution is -2.29. The molecule has 0 aliphatic carbocycles. The Balaban J connectivity index is 1.37. The fourth-order valence-electron chi connectivity index (χ4n) is 5.03. The first kappa shape index (κ1) is 32.3. The molecule has 1 unspecified atom stereocenters. The number of carbonyl (C=O) groups excluding carboxylic acids is 3. The molecule has 3 amide bonds. The molecular weight excluding hydrogens is 666 g/mol. The van der Waals surface area contributed by atoms with E-state index in [2.05, 4.69) is 46.2 Å². The Morgan fingerprint density at radius 3 is 2.75 bits per heavy atom. The van der Waals surface area contributed by atoms with Crippen molar-refractivity contribution in [2.24, 2.45) is 0 Å². The summed E-state index contributed by atoms with van der Waals surface area (Å²) in [5.41, 5.74) is 2.99. The first-order valence-electron chi connectivity index (χ1n) is 14.4. The van der Waals surface area contributed by atoms with Crippen LogP contribution in [-0.2, 0) is 27.2 Å². The lowest BCUT2D eigenvalue weighted by Gasteiger charge is -2.17. The third kappa shape index (κ3) is 7.32. The highest BCUT2D eigenvalue weighted by atomic mass is 35.5. The summed E-state index contributed by atoms with van der Waals surface area (Å²) in [4.78, 5) is 50.4. The van der Waals surface area contributed by atoms with E-state index in [1.165, 1.54) is 42.4 Å². The smallest absolute Gasteiger partial charge is 0.411 e. The molecule has 0 fully saturated rings. The normalized spacial score (nSPS) is 14.5. The number of anilines is 2. The van der Waals surface area contributed by atoms with Crippen LogP contribution < -0.4 is 16.0 Å². The Kier molecular flexibility index (Phi) is 9.40. The Morgan fingerprint density at radius 1 is 1.10 bits per heavy atom. The van der Waals surface area contributed by atoms with Gasteiger partial charge in [0.1, 0.15) is 28.8 Å². The number of imidazole rings is 1. The van der Waals surface area contributed by atoms with Crippen LogP contribution in [0.15, 0.2) is 60.9 Å². The van der Waals surface area contributed by atoms with Crippen molar-refractivity contribution in [3.63, 3.8) is 0 Å². The van der Waals surface area contributed by atoms with Crippen LogP contribution >= 0.6 is 23.2 Å². The second kappa shape index (κ2) is 14.0. The molecule has 4 heterocycles. The van der Waals surface area contributed by atoms with Crippen molar-refractivity contribution < 1.29 is 23.5 Å². The highest BCUT2D eigenvalue weighted by Gasteiger charge is 2.24. The second-order valence-electron chi connectivity index (χ2n) is 10.5. The zero-order chi connectivity index (χ0) is 33.8. The van der Waals surface area contributed by atoms with Gasteiger partial charge in [-0.2, -0.15) is 4.68 Å². The maximum Gasteiger partial charge on any atom is 0.411 e. The topological polar surface area (TPSA) is 182 Å². The highest BCUT2D eigenvalue weighted by molar-refractivity contribution is 6.32. The van der Waals surface area contributed by atoms with E-state index >= 15 is 0 Å². The van der Waals surface area contributed by atoms with Gasteiger partial charge in [-0.15, -0.1) is 5.10 Å². The van der Waals surface area contributed by atoms with Crippen molar-refractivity contribution in [3.05, 3.63) is 99.7 Å². The van der Waals surface area contributed by atoms with Gasteiger partial charge in [0, 0.05) is 52.9 Å². The maximum atomic E-state index is 14.8. The van der Waals surface area contributed by atoms with Crippen molar-refractivity contribution >= 4 is 58.6 Å². The van der Waals surface area contributed by atoms with Crippen molar-refractivity contribution in [2.75, 3.05) is 17.7 Å². The molecule has 5 aromatic rings. The number of aromatic nitrogens is 7. The number of aromatic amines is 1. The standard InChI is InChI=1S/C31H25Cl2FN10O4/c1-48-31(47)37-19-4-6-20-23(13-19)38-27(46)11-8-22-21(34)7-5-18(36-22)14-24(30-40-28(20)29(33)41-30)39-26(45)10-2-16-12-17(32)3-9-25(16)44-15-35-42-43-44/h2-7,9-10,12-13,15,24H,8,11,14H2,1H3,(H,37,47)(H,38,46)(H,39,45)(H,40,41). The van der Waals surface area contributed by atoms with E-state index < -0.39 is 29.8 Å². The molecule has 0 spiro atoms. The van der Waals surface area contributed by atoms with E-state index in [1.807, 2.05) is 0 Å². The van der Waals surface area contributed by atoms with Crippen LogP contribution in [0, 0.1) is 5.82 Å². The minimum absolute atomic E-state index is 0.00656. The SMILES string of the molecule is COC(=O)Nc1ccc2c(c1)NC(=O)CCc1nc(ccc1F)CC(NC(=O)C=Cc1cc(Cl)ccc1-n1cnnn1)c1nc-2c(Cl)[nH]1. The number of ether oxygens (including phenoxy) is 1. The number of amides is 3. The minimum atomic E-state index is -0.807. The van der Waals surface area contributed by atoms with E-state index in [0.717, 1.165) is 0 Å². The molecule has 17 heteroatoms. The number of rotatable bonds is 5. The zero-order valence-electron chi connectivity index (χ0n) is 25.0. The third-order valence-corrected chi connectivity index (χ3v) is 7.79. The molecule has 4 N–H and O–H groups in total. The number of fused-ring (bicyclic) bond motifs is 6. The third-order valence-electron chi connectivity index (χ3n) is 7.28. The molecule has 2 aromatic carbocycles. The number of methoxy groups -OCH3 is 1. The van der Waals surface area contributed by atoms with E-state index in [-0.39, 0.29) is 47.3 Å². The number of nitrogens with zero attached hydrogens (tertiary/aromatic N) is 6. The zero-order valence-corrected chi connectivity index (χ0v) is 26.5. The molecule has 0 radical (unpaired) electrons. The Labute approximate surface area is 281 Å². The van der Waals surface area contributed by atoms with Gasteiger partial charge >= 0.3 is 6.09 Å². The van der Waals surface area contributed by atoms with Gasteiger partial charge in [-0.1, -0.05) is 23.2 Å². The van der Waals surface area contributed by atoms with Crippen LogP contribution in [0.4, 0.5) is 20.6 Å². The van der Waals surface area contributed by atoms with Crippen molar-refractivity contribution in [2.45, 2.75) is 25.3 Å². The van der Waals surface area contributed by atoms with Crippen LogP contribution in [0.25, 0.3) is 23.0 Å². The van der Waals surface area contributed by atoms with Gasteiger partial charge in [0.05, 0.1) is 30.2 Å². The quantitative estimate of drug-likeness (QED) is 0.183. The summed E-state index contributed by atoms with van der Waals surface area (Å²) in [5, 5.41) is 20.1. The van der Waals surface area contributed by atoms with Crippen LogP contribution in [0.3, 0.4) is 0 Å². The molecular formula is C31H25Cl2FN10O4. The van der Waals surface area contributed by atoms with Crippen molar-refractivity contribution in [1.82, 2.24) is 40.5 Å². The number of benzene rings is 2. The van der Waals surface area contributed by atoms with E-state index in [4.69, 9.17) is 28.2 Å². The number of H-pyrrole nitrogens is 1. The molecule has 1 aliphatic rings. The van der Waals surface area contributed by atoms with E-state index in [0.29, 0.717) is 33.2 Å². The lowest BCUT2D eigenvalue weighted by molar-refractivity contribution is -0.117. The Morgan fingerprint density at radius 2 is 1.96 bits per heavy atom. The minimum Gasteiger partial charge on any atom is -0.453 e. The fraction of sp³-hybridized carbons (Fsp3) is 0.161. The molecule has 48 heavy (non-hydrogen) atoms. The maximum absolute atomic E-state index is 14.8. The Hall–Kier alpha value is -5.67. The van der Waals surface area contributed by atoms with Gasteiger partial charge in [-0.3, -0.25) is 19.9 Å². The molecule has 6 rings (SSSR count). The van der Waals surface area contributed by atoms with Crippen LogP contribution in [0.5, 0.6) is 0 Å². The van der Waals surface area contributed by atoms with Gasteiger partial charge in [-0.25, -0.2) is 14.2 Å². The number of halogens is 3. The summed E-state index contributed by atoms with van der Waals surface area (Å²) in [6.07, 6.45) is 3.60. The lowest BCUT2D eigenvalue weighted by atomic mass is 10.1. The fourth-order valence-corrected chi connectivity index (χ4v) is 5.45. The summed E-state index contributed by atoms with van der Waals surface area (Å²) in [5.74, 6) is -1.23. The van der Waals surface area contributed by atoms with E-state index in [9.17, 15) is 18.8 Å². The second-order valence-corrected chi connectivity index (χ2v) is 11.3. The number of aryl methyl sites for hydroxylation is 1. The summed E-state index contributed by atoms with van der Waals surface area (Å²) < 4.78 is 20.9. The number of pyridine rings is 1. The first-order chi connectivity index (χ1) is 23.2. The van der Waals surface area contributed by atoms with Gasteiger partial charge in [0.2, 0.25) is 11.8 Å². The van der Waals surface area contributed by atoms with Gasteiger partial charge in [-0.05, 0) is 65.0 Å². The summed E-state index contributed by atoms with van der Waals surface area (Å²) in [7, 11) is 1.22. The monoisotopic (exact) mass is 690 g/mol. The molecule has 244 valence electrons. The molecule has 3 aromatic heterocycles. The van der Waals surface area contributed by atoms with Gasteiger partial charge in [0.15, 0.2) is 0 Å². The van der Waals surface area contributed by atoms with Gasteiger partial charge in [0.25, 0.3) is 0 Å². The van der Waals surface area contributed by atoms with Crippen LogP contribution in [0.1, 0.15) is 35.2 Å². The van der Waals surface area contributed by atoms with Crippen molar-refractivity contribution in [3.8, 4) is 16.9 Å². The van der Waals surface area contributed by atoms with E-state index in [1.54, 1.807) is 36.4 Å². The molecule has 4 bridgehead atoms. The molecule has 1 aliphatic heterocycles. The number of hydrogen-bond donors (Lipinski definition) is 4. The average molecular weight is 692 g/mol. The van der Waals surface area contributed by atoms with Gasteiger partial charge < -0.3 is 20.4 Å². The summed E-state index contributed by atoms with van der Waals surface area (Å²) in [6, 6.07) is 11.7. The average Bonchev–Trinajstić information content (AvgIpc) is 3.74. The van der Waals surface area contributed by atoms with Crippen LogP contribution in [-0.4, -0.2) is 60.2 Å². The molecule has 0 saturated carbocycles. The molecule has 14 nitrogen and oxygen atoms in total. The molecule has 0 saturated heterocycles. The first-order valence-corrected chi connectivity index (χ1v) is 15.1. The summed E-state index contributed by atoms with van der Waals surface area (Å²) >= 11 is 12.9. The Bertz CT molecular complexity index is 2050.